The van der Waals surface area contributed by atoms with Crippen LogP contribution in [0, 0.1) is 0 Å². The molecule has 1 atom stereocenters. The van der Waals surface area contributed by atoms with Crippen molar-refractivity contribution in [2.75, 3.05) is 26.2 Å². The maximum absolute atomic E-state index is 6.35. The van der Waals surface area contributed by atoms with Gasteiger partial charge in [0.25, 0.3) is 0 Å². The van der Waals surface area contributed by atoms with Crippen LogP contribution in [0.1, 0.15) is 31.4 Å². The smallest absolute Gasteiger partial charge is 0.104 e. The van der Waals surface area contributed by atoms with Crippen molar-refractivity contribution in [3.63, 3.8) is 0 Å². The number of likely N-dealkylation sites (tertiary alicyclic amines) is 1. The zero-order chi connectivity index (χ0) is 15.4. The lowest BCUT2D eigenvalue weighted by molar-refractivity contribution is 0.209. The maximum atomic E-state index is 6.35. The van der Waals surface area contributed by atoms with Crippen LogP contribution < -0.4 is 5.73 Å². The largest absolute Gasteiger partial charge is 0.389 e. The minimum Gasteiger partial charge on any atom is -0.389 e. The normalized spacial score (nSPS) is 19.3. The molecule has 2 rings (SSSR count). The molecule has 21 heavy (non-hydrogen) atoms. The molecule has 1 heterocycles. The Bertz CT molecular complexity index is 502. The zero-order valence-electron chi connectivity index (χ0n) is 12.8. The highest BCUT2D eigenvalue weighted by molar-refractivity contribution is 7.80. The van der Waals surface area contributed by atoms with Gasteiger partial charge in [0.1, 0.15) is 4.99 Å². The molecular formula is C16H24ClN3S. The van der Waals surface area contributed by atoms with Crippen LogP contribution in [0.5, 0.6) is 0 Å². The van der Waals surface area contributed by atoms with Crippen LogP contribution in [0.4, 0.5) is 0 Å². The van der Waals surface area contributed by atoms with Gasteiger partial charge in [-0.15, -0.1) is 0 Å². The summed E-state index contributed by atoms with van der Waals surface area (Å²) < 4.78 is 0. The lowest BCUT2D eigenvalue weighted by Crippen LogP contribution is -2.37. The second-order valence-electron chi connectivity index (χ2n) is 5.57. The number of hydrogen-bond acceptors (Lipinski definition) is 3. The lowest BCUT2D eigenvalue weighted by atomic mass is 10.1. The molecule has 0 saturated carbocycles. The number of nitrogens with zero attached hydrogens (tertiary/aromatic N) is 2. The molecule has 5 heteroatoms. The number of halogens is 1. The van der Waals surface area contributed by atoms with Gasteiger partial charge in [-0.3, -0.25) is 9.80 Å². The van der Waals surface area contributed by atoms with Gasteiger partial charge < -0.3 is 5.73 Å². The zero-order valence-corrected chi connectivity index (χ0v) is 14.4. The highest BCUT2D eigenvalue weighted by atomic mass is 35.5. The van der Waals surface area contributed by atoms with E-state index in [4.69, 9.17) is 29.6 Å². The number of rotatable bonds is 6. The Hall–Kier alpha value is -0.680. The van der Waals surface area contributed by atoms with Gasteiger partial charge in [-0.1, -0.05) is 49.8 Å². The summed E-state index contributed by atoms with van der Waals surface area (Å²) in [6.07, 6.45) is 1.24. The van der Waals surface area contributed by atoms with Gasteiger partial charge in [0.15, 0.2) is 0 Å². The van der Waals surface area contributed by atoms with Crippen molar-refractivity contribution >= 4 is 28.8 Å². The van der Waals surface area contributed by atoms with E-state index >= 15 is 0 Å². The van der Waals surface area contributed by atoms with Crippen molar-refractivity contribution in [2.45, 2.75) is 32.9 Å². The highest BCUT2D eigenvalue weighted by Gasteiger charge is 2.26. The Labute approximate surface area is 138 Å². The lowest BCUT2D eigenvalue weighted by Gasteiger charge is -2.26. The molecule has 0 bridgehead atoms. The first-order chi connectivity index (χ1) is 10.0. The molecule has 116 valence electrons. The fourth-order valence-corrected chi connectivity index (χ4v) is 3.43. The summed E-state index contributed by atoms with van der Waals surface area (Å²) in [4.78, 5) is 5.41. The highest BCUT2D eigenvalue weighted by Crippen LogP contribution is 2.23. The van der Waals surface area contributed by atoms with Gasteiger partial charge >= 0.3 is 0 Å². The summed E-state index contributed by atoms with van der Waals surface area (Å²) in [6, 6.07) is 6.55. The summed E-state index contributed by atoms with van der Waals surface area (Å²) in [7, 11) is 0. The first-order valence-electron chi connectivity index (χ1n) is 7.59. The average Bonchev–Trinajstić information content (AvgIpc) is 2.91. The van der Waals surface area contributed by atoms with Crippen LogP contribution in [0.25, 0.3) is 0 Å². The van der Waals surface area contributed by atoms with Crippen LogP contribution in [0.3, 0.4) is 0 Å². The predicted octanol–water partition coefficient (Wildman–Crippen LogP) is 2.89. The van der Waals surface area contributed by atoms with Crippen LogP contribution in [0.15, 0.2) is 18.2 Å². The van der Waals surface area contributed by atoms with Crippen LogP contribution in [-0.4, -0.2) is 47.0 Å². The minimum atomic E-state index is 0.395. The van der Waals surface area contributed by atoms with Gasteiger partial charge in [-0.05, 0) is 31.1 Å². The Kier molecular flexibility index (Phi) is 5.99. The predicted molar refractivity (Wildman–Crippen MR) is 93.9 cm³/mol. The van der Waals surface area contributed by atoms with Crippen LogP contribution in [0.2, 0.25) is 5.02 Å². The van der Waals surface area contributed by atoms with Crippen molar-refractivity contribution in [3.05, 3.63) is 34.3 Å². The number of thiocarbonyl (C=S) groups is 1. The molecule has 1 aliphatic rings. The Morgan fingerprint density at radius 3 is 2.71 bits per heavy atom. The quantitative estimate of drug-likeness (QED) is 0.815. The van der Waals surface area contributed by atoms with E-state index in [0.29, 0.717) is 11.0 Å². The average molecular weight is 326 g/mol. The van der Waals surface area contributed by atoms with Gasteiger partial charge in [-0.2, -0.15) is 0 Å². The molecule has 2 N–H and O–H groups in total. The van der Waals surface area contributed by atoms with Gasteiger partial charge in [-0.25, -0.2) is 0 Å². The van der Waals surface area contributed by atoms with E-state index < -0.39 is 0 Å². The Morgan fingerprint density at radius 2 is 2.14 bits per heavy atom. The monoisotopic (exact) mass is 325 g/mol. The molecule has 1 unspecified atom stereocenters. The Morgan fingerprint density at radius 1 is 1.43 bits per heavy atom. The molecule has 1 aromatic rings. The molecule has 3 nitrogen and oxygen atoms in total. The third-order valence-electron chi connectivity index (χ3n) is 4.31. The molecule has 0 spiro atoms. The molecule has 1 saturated heterocycles. The fraction of sp³-hybridized carbons (Fsp3) is 0.562. The summed E-state index contributed by atoms with van der Waals surface area (Å²) in [5, 5.41) is 0.756. The first kappa shape index (κ1) is 16.7. The number of nitrogens with two attached hydrogens (primary N) is 1. The first-order valence-corrected chi connectivity index (χ1v) is 8.38. The number of likely N-dealkylation sites (N-methyl/N-ethyl adjacent to an activating group) is 1. The Balaban J connectivity index is 1.98. The van der Waals surface area contributed by atoms with Gasteiger partial charge in [0.2, 0.25) is 0 Å². The fourth-order valence-electron chi connectivity index (χ4n) is 3.06. The molecule has 1 fully saturated rings. The van der Waals surface area contributed by atoms with Crippen LogP contribution in [-0.2, 0) is 6.54 Å². The maximum Gasteiger partial charge on any atom is 0.104 e. The minimum absolute atomic E-state index is 0.395. The second kappa shape index (κ2) is 7.54. The van der Waals surface area contributed by atoms with E-state index in [9.17, 15) is 0 Å². The van der Waals surface area contributed by atoms with E-state index in [2.05, 4.69) is 23.6 Å². The third-order valence-corrected chi connectivity index (χ3v) is 4.90. The summed E-state index contributed by atoms with van der Waals surface area (Å²) in [6.45, 7) is 9.86. The summed E-state index contributed by atoms with van der Waals surface area (Å²) >= 11 is 11.3. The van der Waals surface area contributed by atoms with Gasteiger partial charge in [0, 0.05) is 36.3 Å². The summed E-state index contributed by atoms with van der Waals surface area (Å²) in [5.41, 5.74) is 7.62. The molecular weight excluding hydrogens is 302 g/mol. The summed E-state index contributed by atoms with van der Waals surface area (Å²) in [5.74, 6) is 0. The second-order valence-corrected chi connectivity index (χ2v) is 6.42. The molecule has 0 amide bonds. The van der Waals surface area contributed by atoms with Gasteiger partial charge in [0.05, 0.1) is 0 Å². The standard InChI is InChI=1S/C16H24ClN3S/c1-3-20(4-2)14-7-8-19(11-14)10-13-6-5-12(16(18)21)9-15(13)17/h5-6,9,14H,3-4,7-8,10-11H2,1-2H3,(H2,18,21). The van der Waals surface area contributed by atoms with E-state index in [1.165, 1.54) is 6.42 Å². The van der Waals surface area contributed by atoms with Crippen LogP contribution >= 0.6 is 23.8 Å². The van der Waals surface area contributed by atoms with E-state index in [1.54, 1.807) is 0 Å². The molecule has 0 radical (unpaired) electrons. The number of benzene rings is 1. The topological polar surface area (TPSA) is 32.5 Å². The molecule has 0 aliphatic carbocycles. The van der Waals surface area contributed by atoms with Crippen molar-refractivity contribution in [1.82, 2.24) is 9.80 Å². The van der Waals surface area contributed by atoms with E-state index in [-0.39, 0.29) is 0 Å². The SMILES string of the molecule is CCN(CC)C1CCN(Cc2ccc(C(N)=S)cc2Cl)C1. The van der Waals surface area contributed by atoms with Crippen molar-refractivity contribution in [1.29, 1.82) is 0 Å². The van der Waals surface area contributed by atoms with Crippen molar-refractivity contribution in [3.8, 4) is 0 Å². The van der Waals surface area contributed by atoms with E-state index in [1.807, 2.05) is 18.2 Å². The van der Waals surface area contributed by atoms with E-state index in [0.717, 1.165) is 48.9 Å². The number of hydrogen-bond donors (Lipinski definition) is 1. The van der Waals surface area contributed by atoms with Crippen molar-refractivity contribution < 1.29 is 0 Å². The molecule has 0 aromatic heterocycles. The molecule has 1 aliphatic heterocycles. The van der Waals surface area contributed by atoms with Crippen molar-refractivity contribution in [2.24, 2.45) is 5.73 Å². The third kappa shape index (κ3) is 4.16. The molecule has 1 aromatic carbocycles.